The Morgan fingerprint density at radius 1 is 0.938 bits per heavy atom. The van der Waals surface area contributed by atoms with Crippen molar-refractivity contribution in [2.45, 2.75) is 27.3 Å². The number of nitrogens with zero attached hydrogens (tertiary/aromatic N) is 1. The van der Waals surface area contributed by atoms with E-state index in [-0.39, 0.29) is 0 Å². The van der Waals surface area contributed by atoms with Crippen molar-refractivity contribution in [1.29, 1.82) is 0 Å². The van der Waals surface area contributed by atoms with Gasteiger partial charge >= 0.3 is 0 Å². The average molecular weight is 431 g/mol. The van der Waals surface area contributed by atoms with Gasteiger partial charge in [-0.1, -0.05) is 44.2 Å². The van der Waals surface area contributed by atoms with Crippen LogP contribution in [0.4, 0.5) is 0 Å². The van der Waals surface area contributed by atoms with Crippen LogP contribution in [0.3, 0.4) is 0 Å². The highest BCUT2D eigenvalue weighted by molar-refractivity contribution is 5.88. The van der Waals surface area contributed by atoms with Crippen molar-refractivity contribution in [2.24, 2.45) is 0 Å². The minimum Gasteiger partial charge on any atom is -0.496 e. The summed E-state index contributed by atoms with van der Waals surface area (Å²) >= 11 is 0. The molecule has 0 unspecified atom stereocenters. The first-order valence-electron chi connectivity index (χ1n) is 11.3. The summed E-state index contributed by atoms with van der Waals surface area (Å²) in [7, 11) is 3.65. The summed E-state index contributed by atoms with van der Waals surface area (Å²) in [6.45, 7) is 8.89. The molecule has 168 valence electrons. The normalized spacial score (nSPS) is 10.7. The number of benzene rings is 3. The molecule has 4 rings (SSSR count). The molecule has 0 amide bonds. The fourth-order valence-corrected chi connectivity index (χ4v) is 3.73. The van der Waals surface area contributed by atoms with Gasteiger partial charge in [-0.25, -0.2) is 4.98 Å². The Bertz CT molecular complexity index is 1150. The van der Waals surface area contributed by atoms with Crippen LogP contribution in [0.25, 0.3) is 33.5 Å². The molecule has 0 bridgehead atoms. The molecule has 0 fully saturated rings. The monoisotopic (exact) mass is 430 g/mol. The summed E-state index contributed by atoms with van der Waals surface area (Å²) in [5, 5.41) is 6.62. The Morgan fingerprint density at radius 3 is 2.53 bits per heavy atom. The van der Waals surface area contributed by atoms with E-state index in [1.165, 1.54) is 16.7 Å². The predicted octanol–water partition coefficient (Wildman–Crippen LogP) is 5.55. The lowest BCUT2D eigenvalue weighted by Gasteiger charge is -2.08. The first-order chi connectivity index (χ1) is 15.7. The minimum atomic E-state index is 0.813. The number of ether oxygens (including phenoxy) is 1. The zero-order valence-corrected chi connectivity index (χ0v) is 19.8. The molecule has 3 N–H and O–H groups in total. The molecule has 5 nitrogen and oxygen atoms in total. The van der Waals surface area contributed by atoms with Gasteiger partial charge in [0.1, 0.15) is 11.6 Å². The Balaban J connectivity index is 0.00000141. The molecule has 0 saturated carbocycles. The summed E-state index contributed by atoms with van der Waals surface area (Å²) < 4.78 is 5.51. The van der Waals surface area contributed by atoms with Gasteiger partial charge in [-0.2, -0.15) is 0 Å². The lowest BCUT2D eigenvalue weighted by atomic mass is 10.0. The topological polar surface area (TPSA) is 62.0 Å². The number of imidazole rings is 1. The third-order valence-electron chi connectivity index (χ3n) is 5.28. The number of hydrogen-bond donors (Lipinski definition) is 3. The molecule has 32 heavy (non-hydrogen) atoms. The number of likely N-dealkylation sites (N-methyl/N-ethyl adjacent to an activating group) is 1. The number of aryl methyl sites for hydroxylation is 1. The standard InChI is InChI=1S/C25H28N4O.C2H6/c1-17-13-20(19-8-6-7-18(14-19)16-27-12-11-26-2)15-22-24(17)29-25(28-22)21-9-4-5-10-23(21)30-3;1-2/h4-10,13-15,26-27H,11-12,16H2,1-3H3,(H,28,29);1-2H3. The highest BCUT2D eigenvalue weighted by Gasteiger charge is 2.13. The Hall–Kier alpha value is -3.15. The zero-order valence-electron chi connectivity index (χ0n) is 19.8. The number of nitrogens with one attached hydrogen (secondary N) is 3. The van der Waals surface area contributed by atoms with Gasteiger partial charge in [0.15, 0.2) is 0 Å². The maximum Gasteiger partial charge on any atom is 0.142 e. The number of H-pyrrole nitrogens is 1. The summed E-state index contributed by atoms with van der Waals surface area (Å²) in [6.07, 6.45) is 0. The average Bonchev–Trinajstić information content (AvgIpc) is 3.28. The second kappa shape index (κ2) is 11.5. The van der Waals surface area contributed by atoms with E-state index in [2.05, 4.69) is 58.9 Å². The molecule has 1 aromatic heterocycles. The molecule has 5 heteroatoms. The minimum absolute atomic E-state index is 0.813. The van der Waals surface area contributed by atoms with Gasteiger partial charge in [0.05, 0.1) is 23.7 Å². The summed E-state index contributed by atoms with van der Waals surface area (Å²) in [5.74, 6) is 1.64. The second-order valence-corrected chi connectivity index (χ2v) is 7.46. The SMILES string of the molecule is CC.CNCCNCc1cccc(-c2cc(C)c3nc(-c4ccccc4OC)[nH]c3c2)c1. The van der Waals surface area contributed by atoms with E-state index in [0.29, 0.717) is 0 Å². The van der Waals surface area contributed by atoms with Crippen LogP contribution in [-0.2, 0) is 6.54 Å². The molecule has 3 aromatic carbocycles. The van der Waals surface area contributed by atoms with E-state index in [0.717, 1.165) is 53.4 Å². The molecule has 0 radical (unpaired) electrons. The van der Waals surface area contributed by atoms with Crippen LogP contribution < -0.4 is 15.4 Å². The van der Waals surface area contributed by atoms with Crippen LogP contribution in [0, 0.1) is 6.92 Å². The van der Waals surface area contributed by atoms with Gasteiger partial charge in [-0.05, 0) is 66.6 Å². The third kappa shape index (κ3) is 5.36. The van der Waals surface area contributed by atoms with Crippen LogP contribution in [0.5, 0.6) is 5.75 Å². The summed E-state index contributed by atoms with van der Waals surface area (Å²) in [6, 6.07) is 21.0. The largest absolute Gasteiger partial charge is 0.496 e. The van der Waals surface area contributed by atoms with Crippen LogP contribution in [-0.4, -0.2) is 37.2 Å². The van der Waals surface area contributed by atoms with E-state index in [4.69, 9.17) is 9.72 Å². The van der Waals surface area contributed by atoms with Crippen LogP contribution in [0.15, 0.2) is 60.7 Å². The van der Waals surface area contributed by atoms with Crippen LogP contribution >= 0.6 is 0 Å². The van der Waals surface area contributed by atoms with Gasteiger partial charge in [-0.3, -0.25) is 0 Å². The van der Waals surface area contributed by atoms with E-state index >= 15 is 0 Å². The molecule has 0 aliphatic heterocycles. The van der Waals surface area contributed by atoms with Crippen molar-refractivity contribution in [3.05, 3.63) is 71.8 Å². The van der Waals surface area contributed by atoms with Crippen LogP contribution in [0.2, 0.25) is 0 Å². The quantitative estimate of drug-likeness (QED) is 0.321. The van der Waals surface area contributed by atoms with Gasteiger partial charge < -0.3 is 20.4 Å². The lowest BCUT2D eigenvalue weighted by Crippen LogP contribution is -2.24. The van der Waals surface area contributed by atoms with E-state index in [1.54, 1.807) is 7.11 Å². The molecule has 4 aromatic rings. The number of aromatic amines is 1. The van der Waals surface area contributed by atoms with E-state index in [9.17, 15) is 0 Å². The summed E-state index contributed by atoms with van der Waals surface area (Å²) in [5.41, 5.74) is 7.81. The van der Waals surface area contributed by atoms with Gasteiger partial charge in [-0.15, -0.1) is 0 Å². The van der Waals surface area contributed by atoms with Crippen molar-refractivity contribution in [2.75, 3.05) is 27.2 Å². The highest BCUT2D eigenvalue weighted by atomic mass is 16.5. The number of fused-ring (bicyclic) bond motifs is 1. The van der Waals surface area contributed by atoms with E-state index < -0.39 is 0 Å². The van der Waals surface area contributed by atoms with Crippen LogP contribution in [0.1, 0.15) is 25.0 Å². The van der Waals surface area contributed by atoms with Crippen molar-refractivity contribution in [1.82, 2.24) is 20.6 Å². The zero-order chi connectivity index (χ0) is 22.9. The van der Waals surface area contributed by atoms with Crippen molar-refractivity contribution >= 4 is 11.0 Å². The van der Waals surface area contributed by atoms with Crippen molar-refractivity contribution in [3.8, 4) is 28.3 Å². The Kier molecular flexibility index (Phi) is 8.42. The number of rotatable bonds is 8. The van der Waals surface area contributed by atoms with Gasteiger partial charge in [0.25, 0.3) is 0 Å². The first-order valence-corrected chi connectivity index (χ1v) is 11.3. The Morgan fingerprint density at radius 2 is 1.75 bits per heavy atom. The Labute approximate surface area is 191 Å². The van der Waals surface area contributed by atoms with Gasteiger partial charge in [0.2, 0.25) is 0 Å². The lowest BCUT2D eigenvalue weighted by molar-refractivity contribution is 0.416. The molecular weight excluding hydrogens is 396 g/mol. The molecule has 0 atom stereocenters. The fourth-order valence-electron chi connectivity index (χ4n) is 3.73. The maximum absolute atomic E-state index is 5.51. The molecular formula is C27H34N4O. The summed E-state index contributed by atoms with van der Waals surface area (Å²) in [4.78, 5) is 8.34. The third-order valence-corrected chi connectivity index (χ3v) is 5.28. The number of hydrogen-bond acceptors (Lipinski definition) is 4. The van der Waals surface area contributed by atoms with Gasteiger partial charge in [0, 0.05) is 19.6 Å². The molecule has 0 spiro atoms. The second-order valence-electron chi connectivity index (χ2n) is 7.46. The number of aromatic nitrogens is 2. The molecule has 0 aliphatic rings. The highest BCUT2D eigenvalue weighted by Crippen LogP contribution is 2.32. The van der Waals surface area contributed by atoms with E-state index in [1.807, 2.05) is 45.2 Å². The predicted molar refractivity (Wildman–Crippen MR) is 135 cm³/mol. The smallest absolute Gasteiger partial charge is 0.142 e. The molecule has 0 saturated heterocycles. The fraction of sp³-hybridized carbons (Fsp3) is 0.296. The van der Waals surface area contributed by atoms with Crippen molar-refractivity contribution in [3.63, 3.8) is 0 Å². The first kappa shape index (κ1) is 23.5. The maximum atomic E-state index is 5.51. The molecule has 0 aliphatic carbocycles. The number of methoxy groups -OCH3 is 1. The van der Waals surface area contributed by atoms with Crippen molar-refractivity contribution < 1.29 is 4.74 Å². The number of para-hydroxylation sites is 1. The molecule has 1 heterocycles.